The number of carbonyl (C=O) groups excluding carboxylic acids is 3. The number of benzene rings is 2. The first kappa shape index (κ1) is 26.4. The zero-order valence-electron chi connectivity index (χ0n) is 22.7. The minimum absolute atomic E-state index is 0.264. The molecule has 202 valence electrons. The van der Waals surface area contributed by atoms with Crippen LogP contribution in [0.5, 0.6) is 0 Å². The number of rotatable bonds is 10. The number of ether oxygens (including phenoxy) is 1. The summed E-state index contributed by atoms with van der Waals surface area (Å²) in [6.45, 7) is 2.59. The van der Waals surface area contributed by atoms with Crippen LogP contribution < -0.4 is 5.32 Å². The van der Waals surface area contributed by atoms with Crippen molar-refractivity contribution in [3.05, 3.63) is 71.5 Å². The van der Waals surface area contributed by atoms with Crippen LogP contribution in [0.4, 0.5) is 0 Å². The number of nitrogens with one attached hydrogen (secondary N) is 2. The number of aryl methyl sites for hydroxylation is 1. The van der Waals surface area contributed by atoms with Gasteiger partial charge in [-0.2, -0.15) is 0 Å². The van der Waals surface area contributed by atoms with Crippen molar-refractivity contribution in [1.29, 1.82) is 0 Å². The summed E-state index contributed by atoms with van der Waals surface area (Å²) in [6, 6.07) is 13.2. The van der Waals surface area contributed by atoms with E-state index in [1.165, 1.54) is 0 Å². The first-order valence-corrected chi connectivity index (χ1v) is 13.0. The van der Waals surface area contributed by atoms with Gasteiger partial charge in [-0.3, -0.25) is 14.9 Å². The fourth-order valence-corrected chi connectivity index (χ4v) is 5.09. The molecule has 0 radical (unpaired) electrons. The summed E-state index contributed by atoms with van der Waals surface area (Å²) >= 11 is 0. The molecule has 0 spiro atoms. The molecule has 0 unspecified atom stereocenters. The highest BCUT2D eigenvalue weighted by Crippen LogP contribution is 2.38. The molecule has 1 aliphatic heterocycles. The SMILES string of the molecule is CN(C)CCCn1cc(C2=C(c3c[nH]c4c(C(=O)OCCN(C)C)cccc34)C(=O)NC2=O)c2ccccc21. The number of amides is 2. The van der Waals surface area contributed by atoms with E-state index in [4.69, 9.17) is 4.74 Å². The van der Waals surface area contributed by atoms with Crippen LogP contribution in [0.1, 0.15) is 27.9 Å². The molecule has 2 amide bonds. The number of hydrogen-bond donors (Lipinski definition) is 2. The number of nitrogens with zero attached hydrogens (tertiary/aromatic N) is 3. The van der Waals surface area contributed by atoms with Crippen LogP contribution in [0.15, 0.2) is 54.9 Å². The molecule has 2 N–H and O–H groups in total. The molecule has 39 heavy (non-hydrogen) atoms. The second kappa shape index (κ2) is 10.9. The van der Waals surface area contributed by atoms with E-state index in [1.807, 2.05) is 69.6 Å². The van der Waals surface area contributed by atoms with Crippen molar-refractivity contribution >= 4 is 50.7 Å². The number of imide groups is 1. The Morgan fingerprint density at radius 1 is 0.872 bits per heavy atom. The average Bonchev–Trinajstić information content (AvgIpc) is 3.56. The molecular weight excluding hydrogens is 494 g/mol. The Hall–Kier alpha value is -4.21. The Balaban J connectivity index is 1.60. The average molecular weight is 528 g/mol. The van der Waals surface area contributed by atoms with E-state index in [-0.39, 0.29) is 6.61 Å². The predicted molar refractivity (Wildman–Crippen MR) is 152 cm³/mol. The Kier molecular flexibility index (Phi) is 7.36. The largest absolute Gasteiger partial charge is 0.461 e. The van der Waals surface area contributed by atoms with Gasteiger partial charge in [-0.05, 0) is 53.3 Å². The minimum atomic E-state index is -0.459. The molecule has 4 aromatic rings. The van der Waals surface area contributed by atoms with Gasteiger partial charge in [0.1, 0.15) is 6.61 Å². The van der Waals surface area contributed by atoms with E-state index < -0.39 is 17.8 Å². The zero-order valence-corrected chi connectivity index (χ0v) is 22.7. The molecule has 5 rings (SSSR count). The van der Waals surface area contributed by atoms with Gasteiger partial charge in [-0.15, -0.1) is 0 Å². The number of likely N-dealkylation sites (N-methyl/N-ethyl adjacent to an activating group) is 1. The highest BCUT2D eigenvalue weighted by molar-refractivity contribution is 6.50. The monoisotopic (exact) mass is 527 g/mol. The van der Waals surface area contributed by atoms with Crippen molar-refractivity contribution < 1.29 is 19.1 Å². The maximum Gasteiger partial charge on any atom is 0.340 e. The minimum Gasteiger partial charge on any atom is -0.461 e. The van der Waals surface area contributed by atoms with Crippen molar-refractivity contribution in [3.8, 4) is 0 Å². The molecule has 0 aliphatic carbocycles. The Labute approximate surface area is 227 Å². The molecule has 9 heteroatoms. The van der Waals surface area contributed by atoms with E-state index in [0.717, 1.165) is 30.4 Å². The first-order chi connectivity index (χ1) is 18.8. The van der Waals surface area contributed by atoms with Crippen LogP contribution in [0.25, 0.3) is 33.0 Å². The molecule has 2 aromatic heterocycles. The Bertz CT molecular complexity index is 1610. The maximum absolute atomic E-state index is 13.2. The number of esters is 1. The van der Waals surface area contributed by atoms with Crippen LogP contribution in [-0.2, 0) is 20.9 Å². The highest BCUT2D eigenvalue weighted by Gasteiger charge is 2.35. The van der Waals surface area contributed by atoms with Crippen molar-refractivity contribution in [2.75, 3.05) is 47.9 Å². The number of aromatic amines is 1. The lowest BCUT2D eigenvalue weighted by Gasteiger charge is -2.10. The molecule has 3 heterocycles. The first-order valence-electron chi connectivity index (χ1n) is 13.0. The second-order valence-corrected chi connectivity index (χ2v) is 10.3. The predicted octanol–water partition coefficient (Wildman–Crippen LogP) is 3.36. The lowest BCUT2D eigenvalue weighted by molar-refractivity contribution is -0.122. The van der Waals surface area contributed by atoms with E-state index in [2.05, 4.69) is 19.8 Å². The number of hydrogen-bond acceptors (Lipinski definition) is 6. The van der Waals surface area contributed by atoms with Crippen LogP contribution in [0.3, 0.4) is 0 Å². The molecule has 0 fully saturated rings. The Morgan fingerprint density at radius 3 is 2.31 bits per heavy atom. The third-order valence-electron chi connectivity index (χ3n) is 6.97. The van der Waals surface area contributed by atoms with E-state index in [9.17, 15) is 14.4 Å². The zero-order chi connectivity index (χ0) is 27.7. The topological polar surface area (TPSA) is 99.7 Å². The molecule has 9 nitrogen and oxygen atoms in total. The van der Waals surface area contributed by atoms with Crippen molar-refractivity contribution in [2.45, 2.75) is 13.0 Å². The van der Waals surface area contributed by atoms with E-state index >= 15 is 0 Å². The van der Waals surface area contributed by atoms with Gasteiger partial charge in [0.25, 0.3) is 11.8 Å². The number of para-hydroxylation sites is 2. The standard InChI is InChI=1S/C30H33N5O4/c1-33(2)13-8-14-35-18-23(19-9-5-6-12-24(19)35)26-25(28(36)32-29(26)37)22-17-31-27-20(22)10-7-11-21(27)30(38)39-16-15-34(3)4/h5-7,9-12,17-18,31H,8,13-16H2,1-4H3,(H,32,36,37). The summed E-state index contributed by atoms with van der Waals surface area (Å²) in [7, 11) is 7.90. The number of aromatic nitrogens is 2. The van der Waals surface area contributed by atoms with Gasteiger partial charge in [-0.25, -0.2) is 4.79 Å². The second-order valence-electron chi connectivity index (χ2n) is 10.3. The Morgan fingerprint density at radius 2 is 1.56 bits per heavy atom. The van der Waals surface area contributed by atoms with Gasteiger partial charge in [0.2, 0.25) is 0 Å². The van der Waals surface area contributed by atoms with Crippen molar-refractivity contribution in [2.24, 2.45) is 0 Å². The summed E-state index contributed by atoms with van der Waals surface area (Å²) in [4.78, 5) is 46.5. The van der Waals surface area contributed by atoms with Crippen LogP contribution >= 0.6 is 0 Å². The summed E-state index contributed by atoms with van der Waals surface area (Å²) < 4.78 is 7.60. The summed E-state index contributed by atoms with van der Waals surface area (Å²) in [6.07, 6.45) is 4.60. The van der Waals surface area contributed by atoms with Crippen LogP contribution in [0, 0.1) is 0 Å². The fraction of sp³-hybridized carbons (Fsp3) is 0.300. The third kappa shape index (κ3) is 5.10. The number of carbonyl (C=O) groups is 3. The highest BCUT2D eigenvalue weighted by atomic mass is 16.5. The van der Waals surface area contributed by atoms with Gasteiger partial charge in [0.05, 0.1) is 22.2 Å². The van der Waals surface area contributed by atoms with Gasteiger partial charge in [0.15, 0.2) is 0 Å². The van der Waals surface area contributed by atoms with Gasteiger partial charge in [-0.1, -0.05) is 30.3 Å². The maximum atomic E-state index is 13.2. The molecule has 0 saturated heterocycles. The van der Waals surface area contributed by atoms with E-state index in [1.54, 1.807) is 18.3 Å². The quantitative estimate of drug-likeness (QED) is 0.242. The molecule has 0 saturated carbocycles. The molecule has 0 atom stereocenters. The lowest BCUT2D eigenvalue weighted by atomic mass is 9.95. The van der Waals surface area contributed by atoms with E-state index in [0.29, 0.717) is 45.3 Å². The summed E-state index contributed by atoms with van der Waals surface area (Å²) in [5.41, 5.74) is 3.85. The van der Waals surface area contributed by atoms with Crippen LogP contribution in [0.2, 0.25) is 0 Å². The smallest absolute Gasteiger partial charge is 0.340 e. The number of H-pyrrole nitrogens is 1. The molecular formula is C30H33N5O4. The fourth-order valence-electron chi connectivity index (χ4n) is 5.09. The molecule has 0 bridgehead atoms. The molecule has 2 aromatic carbocycles. The van der Waals surface area contributed by atoms with Gasteiger partial charge < -0.3 is 24.1 Å². The number of fused-ring (bicyclic) bond motifs is 2. The van der Waals surface area contributed by atoms with Gasteiger partial charge >= 0.3 is 5.97 Å². The van der Waals surface area contributed by atoms with Crippen molar-refractivity contribution in [1.82, 2.24) is 24.7 Å². The van der Waals surface area contributed by atoms with Gasteiger partial charge in [0, 0.05) is 52.9 Å². The normalized spacial score (nSPS) is 13.9. The third-order valence-corrected chi connectivity index (χ3v) is 6.97. The van der Waals surface area contributed by atoms with Crippen LogP contribution in [-0.4, -0.2) is 85.0 Å². The summed E-state index contributed by atoms with van der Waals surface area (Å²) in [5.74, 6) is -1.34. The lowest BCUT2D eigenvalue weighted by Crippen LogP contribution is -2.22. The van der Waals surface area contributed by atoms with Crippen molar-refractivity contribution in [3.63, 3.8) is 0 Å². The summed E-state index contributed by atoms with van der Waals surface area (Å²) in [5, 5.41) is 4.08. The molecule has 1 aliphatic rings.